The Kier molecular flexibility index (Phi) is 8.85. The highest BCUT2D eigenvalue weighted by Gasteiger charge is 2.24. The van der Waals surface area contributed by atoms with E-state index < -0.39 is 0 Å². The summed E-state index contributed by atoms with van der Waals surface area (Å²) >= 11 is 0. The topological polar surface area (TPSA) is 41.6 Å². The van der Waals surface area contributed by atoms with Crippen LogP contribution < -0.4 is 10.1 Å². The molecule has 1 fully saturated rings. The summed E-state index contributed by atoms with van der Waals surface area (Å²) in [4.78, 5) is 15.8. The van der Waals surface area contributed by atoms with Crippen molar-refractivity contribution in [3.8, 4) is 11.5 Å². The molecular formula is C34H36N2O2. The van der Waals surface area contributed by atoms with Crippen molar-refractivity contribution in [3.63, 3.8) is 0 Å². The highest BCUT2D eigenvalue weighted by Crippen LogP contribution is 2.31. The summed E-state index contributed by atoms with van der Waals surface area (Å²) in [6.45, 7) is 3.06. The maximum absolute atomic E-state index is 13.2. The fraction of sp³-hybridized carbons (Fsp3) is 0.265. The van der Waals surface area contributed by atoms with Crippen LogP contribution in [-0.4, -0.2) is 30.4 Å². The van der Waals surface area contributed by atoms with Gasteiger partial charge in [-0.15, -0.1) is 0 Å². The van der Waals surface area contributed by atoms with Crippen molar-refractivity contribution in [1.29, 1.82) is 0 Å². The van der Waals surface area contributed by atoms with Crippen molar-refractivity contribution in [2.24, 2.45) is 5.92 Å². The first-order valence-electron chi connectivity index (χ1n) is 13.7. The molecule has 4 heteroatoms. The van der Waals surface area contributed by atoms with Crippen LogP contribution in [0.2, 0.25) is 0 Å². The third-order valence-electron chi connectivity index (χ3n) is 7.45. The van der Waals surface area contributed by atoms with Gasteiger partial charge >= 0.3 is 0 Å². The number of anilines is 1. The maximum atomic E-state index is 13.2. The molecule has 4 aromatic carbocycles. The summed E-state index contributed by atoms with van der Waals surface area (Å²) in [6, 6.07) is 38.6. The second-order valence-corrected chi connectivity index (χ2v) is 10.1. The number of amides is 1. The maximum Gasteiger partial charge on any atom is 0.227 e. The molecule has 1 heterocycles. The zero-order valence-electron chi connectivity index (χ0n) is 21.8. The average molecular weight is 505 g/mol. The van der Waals surface area contributed by atoms with Gasteiger partial charge in [0.2, 0.25) is 5.91 Å². The molecular weight excluding hydrogens is 468 g/mol. The number of carbonyl (C=O) groups excluding carboxylic acids is 1. The predicted molar refractivity (Wildman–Crippen MR) is 155 cm³/mol. The van der Waals surface area contributed by atoms with E-state index in [1.807, 2.05) is 78.9 Å². The van der Waals surface area contributed by atoms with E-state index in [1.165, 1.54) is 11.1 Å². The summed E-state index contributed by atoms with van der Waals surface area (Å²) in [6.07, 6.45) is 3.88. The van der Waals surface area contributed by atoms with Crippen LogP contribution in [0.5, 0.6) is 11.5 Å². The Bertz CT molecular complexity index is 1250. The van der Waals surface area contributed by atoms with Gasteiger partial charge in [0.25, 0.3) is 0 Å². The lowest BCUT2D eigenvalue weighted by Gasteiger charge is -2.33. The summed E-state index contributed by atoms with van der Waals surface area (Å²) in [5.41, 5.74) is 3.45. The Morgan fingerprint density at radius 1 is 0.763 bits per heavy atom. The van der Waals surface area contributed by atoms with E-state index in [1.54, 1.807) is 0 Å². The summed E-state index contributed by atoms with van der Waals surface area (Å²) < 4.78 is 5.95. The molecule has 0 saturated carbocycles. The molecule has 1 amide bonds. The van der Waals surface area contributed by atoms with Gasteiger partial charge in [0, 0.05) is 11.6 Å². The van der Waals surface area contributed by atoms with E-state index in [-0.39, 0.29) is 11.8 Å². The third kappa shape index (κ3) is 7.33. The van der Waals surface area contributed by atoms with E-state index in [0.717, 1.165) is 62.5 Å². The molecule has 38 heavy (non-hydrogen) atoms. The third-order valence-corrected chi connectivity index (χ3v) is 7.45. The number of hydrogen-bond acceptors (Lipinski definition) is 3. The number of nitrogens with one attached hydrogen (secondary N) is 1. The standard InChI is InChI=1S/C34H36N2O2/c37-34(35-31-12-6-2-7-13-31)30(26-27-10-4-1-5-11-27)22-25-36-23-20-29(21-24-36)28-16-18-33(19-17-28)38-32-14-8-3-9-15-32/h1-19,29-30H,20-26H2,(H,35,37). The lowest BCUT2D eigenvalue weighted by Crippen LogP contribution is -2.36. The second-order valence-electron chi connectivity index (χ2n) is 10.1. The number of rotatable bonds is 10. The number of piperidine rings is 1. The fourth-order valence-corrected chi connectivity index (χ4v) is 5.25. The first-order valence-corrected chi connectivity index (χ1v) is 13.7. The molecule has 1 aliphatic heterocycles. The van der Waals surface area contributed by atoms with E-state index >= 15 is 0 Å². The monoisotopic (exact) mass is 504 g/mol. The lowest BCUT2D eigenvalue weighted by molar-refractivity contribution is -0.120. The van der Waals surface area contributed by atoms with Gasteiger partial charge in [0.15, 0.2) is 0 Å². The molecule has 1 atom stereocenters. The second kappa shape index (κ2) is 13.1. The molecule has 0 aromatic heterocycles. The Balaban J connectivity index is 1.13. The van der Waals surface area contributed by atoms with Crippen LogP contribution in [0.25, 0.3) is 0 Å². The molecule has 0 spiro atoms. The van der Waals surface area contributed by atoms with Gasteiger partial charge in [-0.3, -0.25) is 4.79 Å². The number of benzene rings is 4. The predicted octanol–water partition coefficient (Wildman–Crippen LogP) is 7.55. The SMILES string of the molecule is O=C(Nc1ccccc1)C(CCN1CCC(c2ccc(Oc3ccccc3)cc2)CC1)Cc1ccccc1. The molecule has 1 saturated heterocycles. The summed E-state index contributed by atoms with van der Waals surface area (Å²) in [5, 5.41) is 3.13. The Labute approximate surface area is 226 Å². The van der Waals surface area contributed by atoms with Gasteiger partial charge in [-0.05, 0) is 98.8 Å². The first-order chi connectivity index (χ1) is 18.7. The lowest BCUT2D eigenvalue weighted by atomic mass is 9.89. The van der Waals surface area contributed by atoms with E-state index in [9.17, 15) is 4.79 Å². The van der Waals surface area contributed by atoms with Gasteiger partial charge in [-0.2, -0.15) is 0 Å². The van der Waals surface area contributed by atoms with Crippen molar-refractivity contribution in [3.05, 3.63) is 126 Å². The zero-order chi connectivity index (χ0) is 26.0. The molecule has 1 N–H and O–H groups in total. The fourth-order valence-electron chi connectivity index (χ4n) is 5.25. The van der Waals surface area contributed by atoms with Gasteiger partial charge < -0.3 is 15.0 Å². The zero-order valence-corrected chi connectivity index (χ0v) is 21.8. The molecule has 194 valence electrons. The van der Waals surface area contributed by atoms with Crippen molar-refractivity contribution in [1.82, 2.24) is 4.90 Å². The Hall–Kier alpha value is -3.89. The molecule has 0 bridgehead atoms. The highest BCUT2D eigenvalue weighted by atomic mass is 16.5. The molecule has 1 unspecified atom stereocenters. The van der Waals surface area contributed by atoms with Crippen molar-refractivity contribution >= 4 is 11.6 Å². The molecule has 0 aliphatic carbocycles. The van der Waals surface area contributed by atoms with E-state index in [0.29, 0.717) is 5.92 Å². The minimum atomic E-state index is -0.0625. The van der Waals surface area contributed by atoms with Crippen LogP contribution >= 0.6 is 0 Å². The largest absolute Gasteiger partial charge is 0.457 e. The molecule has 0 radical (unpaired) electrons. The van der Waals surface area contributed by atoms with Crippen LogP contribution in [-0.2, 0) is 11.2 Å². The van der Waals surface area contributed by atoms with Crippen LogP contribution in [0.15, 0.2) is 115 Å². The quantitative estimate of drug-likeness (QED) is 0.242. The number of carbonyl (C=O) groups is 1. The van der Waals surface area contributed by atoms with E-state index in [4.69, 9.17) is 4.74 Å². The van der Waals surface area contributed by atoms with Crippen molar-refractivity contribution in [2.45, 2.75) is 31.6 Å². The number of para-hydroxylation sites is 2. The minimum Gasteiger partial charge on any atom is -0.457 e. The van der Waals surface area contributed by atoms with Gasteiger partial charge in [0.05, 0.1) is 0 Å². The molecule has 1 aliphatic rings. The smallest absolute Gasteiger partial charge is 0.227 e. The van der Waals surface area contributed by atoms with Crippen LogP contribution in [0, 0.1) is 5.92 Å². The van der Waals surface area contributed by atoms with Crippen LogP contribution in [0.1, 0.15) is 36.3 Å². The van der Waals surface area contributed by atoms with Crippen molar-refractivity contribution in [2.75, 3.05) is 25.0 Å². The van der Waals surface area contributed by atoms with E-state index in [2.05, 4.69) is 46.6 Å². The number of nitrogens with zero attached hydrogens (tertiary/aromatic N) is 1. The Morgan fingerprint density at radius 3 is 2.00 bits per heavy atom. The van der Waals surface area contributed by atoms with Crippen molar-refractivity contribution < 1.29 is 9.53 Å². The summed E-state index contributed by atoms with van der Waals surface area (Å²) in [5.74, 6) is 2.34. The molecule has 4 aromatic rings. The molecule has 5 rings (SSSR count). The number of likely N-dealkylation sites (tertiary alicyclic amines) is 1. The van der Waals surface area contributed by atoms with Crippen LogP contribution in [0.4, 0.5) is 5.69 Å². The first kappa shape index (κ1) is 25.7. The highest BCUT2D eigenvalue weighted by molar-refractivity contribution is 5.92. The number of hydrogen-bond donors (Lipinski definition) is 1. The molecule has 4 nitrogen and oxygen atoms in total. The Morgan fingerprint density at radius 2 is 1.34 bits per heavy atom. The van der Waals surface area contributed by atoms with Gasteiger partial charge in [0.1, 0.15) is 11.5 Å². The summed E-state index contributed by atoms with van der Waals surface area (Å²) in [7, 11) is 0. The van der Waals surface area contributed by atoms with Gasteiger partial charge in [-0.25, -0.2) is 0 Å². The van der Waals surface area contributed by atoms with Gasteiger partial charge in [-0.1, -0.05) is 78.9 Å². The average Bonchev–Trinajstić information content (AvgIpc) is 2.97. The van der Waals surface area contributed by atoms with Crippen LogP contribution in [0.3, 0.4) is 0 Å². The minimum absolute atomic E-state index is 0.0625. The number of ether oxygens (including phenoxy) is 1. The normalized spacial score (nSPS) is 15.1.